The summed E-state index contributed by atoms with van der Waals surface area (Å²) in [5, 5.41) is 14.8. The predicted molar refractivity (Wildman–Crippen MR) is 37.5 cm³/mol. The maximum absolute atomic E-state index is 9.10. The number of hydrogen-bond acceptors (Lipinski definition) is 2. The molecule has 0 rings (SSSR count). The van der Waals surface area contributed by atoms with E-state index >= 15 is 0 Å². The van der Waals surface area contributed by atoms with Crippen molar-refractivity contribution < 1.29 is 19.8 Å². The third-order valence-electron chi connectivity index (χ3n) is 0.183. The van der Waals surface area contributed by atoms with Gasteiger partial charge in [0.15, 0.2) is 0 Å². The molecule has 0 fully saturated rings. The Kier molecular flexibility index (Phi) is 13.3. The Bertz CT molecular complexity index is 78.0. The fraction of sp³-hybridized carbons (Fsp3) is 0. The summed E-state index contributed by atoms with van der Waals surface area (Å²) in [5.74, 6) is -3.65. The molecule has 0 amide bonds. The molecule has 0 aromatic carbocycles. The molecular formula is C2H8O4P2. The summed E-state index contributed by atoms with van der Waals surface area (Å²) in [7, 11) is 0. The number of rotatable bonds is 0. The molecule has 0 aromatic heterocycles. The van der Waals surface area contributed by atoms with E-state index in [2.05, 4.69) is 0 Å². The maximum atomic E-state index is 9.10. The number of carboxylic acid groups (broad SMARTS) is 2. The largest absolute Gasteiger partial charge is 0.473 e. The Morgan fingerprint density at radius 2 is 1.00 bits per heavy atom. The third-order valence-corrected chi connectivity index (χ3v) is 0.183. The smallest absolute Gasteiger partial charge is 0.414 e. The molecule has 0 spiro atoms. The molecule has 0 aliphatic heterocycles. The first kappa shape index (κ1) is 15.7. The number of hydrogen-bond donors (Lipinski definition) is 2. The molecule has 0 heterocycles. The van der Waals surface area contributed by atoms with Crippen LogP contribution < -0.4 is 0 Å². The topological polar surface area (TPSA) is 74.6 Å². The zero-order chi connectivity index (χ0) is 5.15. The van der Waals surface area contributed by atoms with E-state index in [4.69, 9.17) is 19.8 Å². The average molecular weight is 158 g/mol. The molecule has 0 aliphatic carbocycles. The van der Waals surface area contributed by atoms with Crippen LogP contribution in [0.3, 0.4) is 0 Å². The van der Waals surface area contributed by atoms with Gasteiger partial charge in [-0.2, -0.15) is 19.8 Å². The summed E-state index contributed by atoms with van der Waals surface area (Å²) >= 11 is 0. The molecule has 0 aliphatic rings. The molecule has 6 heteroatoms. The Balaban J connectivity index is -0.000000125. The van der Waals surface area contributed by atoms with Gasteiger partial charge in [0.05, 0.1) is 0 Å². The lowest BCUT2D eigenvalue weighted by Gasteiger charge is -1.72. The number of aliphatic carboxylic acids is 2. The minimum atomic E-state index is -1.82. The first-order chi connectivity index (χ1) is 2.64. The van der Waals surface area contributed by atoms with Gasteiger partial charge in [-0.25, -0.2) is 9.59 Å². The van der Waals surface area contributed by atoms with Crippen molar-refractivity contribution in [2.75, 3.05) is 0 Å². The summed E-state index contributed by atoms with van der Waals surface area (Å²) in [6, 6.07) is 0. The van der Waals surface area contributed by atoms with Gasteiger partial charge >= 0.3 is 11.9 Å². The summed E-state index contributed by atoms with van der Waals surface area (Å²) < 4.78 is 0. The van der Waals surface area contributed by atoms with Crippen molar-refractivity contribution in [3.63, 3.8) is 0 Å². The highest BCUT2D eigenvalue weighted by Crippen LogP contribution is 1.56. The summed E-state index contributed by atoms with van der Waals surface area (Å²) in [5.41, 5.74) is 0. The lowest BCUT2D eigenvalue weighted by atomic mass is 10.7. The van der Waals surface area contributed by atoms with Crippen molar-refractivity contribution in [3.8, 4) is 0 Å². The molecule has 0 radical (unpaired) electrons. The Hall–Kier alpha value is -0.200. The van der Waals surface area contributed by atoms with Crippen molar-refractivity contribution in [1.29, 1.82) is 0 Å². The van der Waals surface area contributed by atoms with Crippen LogP contribution in [0.25, 0.3) is 0 Å². The minimum absolute atomic E-state index is 0. The zero-order valence-electron chi connectivity index (χ0n) is 4.13. The van der Waals surface area contributed by atoms with Gasteiger partial charge < -0.3 is 10.2 Å². The Morgan fingerprint density at radius 1 is 0.875 bits per heavy atom. The van der Waals surface area contributed by atoms with E-state index in [1.54, 1.807) is 0 Å². The highest BCUT2D eigenvalue weighted by molar-refractivity contribution is 6.92. The molecule has 4 nitrogen and oxygen atoms in total. The lowest BCUT2D eigenvalue weighted by molar-refractivity contribution is -0.159. The molecule has 2 N–H and O–H groups in total. The molecule has 0 aromatic rings. The third kappa shape index (κ3) is 9.25. The lowest BCUT2D eigenvalue weighted by Crippen LogP contribution is -2.09. The van der Waals surface area contributed by atoms with Gasteiger partial charge in [0, 0.05) is 0 Å². The second-order valence-corrected chi connectivity index (χ2v) is 0.610. The molecule has 2 atom stereocenters. The highest BCUT2D eigenvalue weighted by Gasteiger charge is 2.04. The van der Waals surface area contributed by atoms with Crippen LogP contribution in [0.15, 0.2) is 0 Å². The van der Waals surface area contributed by atoms with Crippen LogP contribution in [0.2, 0.25) is 0 Å². The molecule has 50 valence electrons. The van der Waals surface area contributed by atoms with Gasteiger partial charge in [0.2, 0.25) is 0 Å². The second-order valence-electron chi connectivity index (χ2n) is 0.610. The van der Waals surface area contributed by atoms with E-state index in [9.17, 15) is 0 Å². The first-order valence-corrected chi connectivity index (χ1v) is 1.11. The van der Waals surface area contributed by atoms with Crippen molar-refractivity contribution in [1.82, 2.24) is 0 Å². The van der Waals surface area contributed by atoms with Gasteiger partial charge in [-0.3, -0.25) is 0 Å². The highest BCUT2D eigenvalue weighted by atomic mass is 31.0. The summed E-state index contributed by atoms with van der Waals surface area (Å²) in [6.07, 6.45) is 0. The summed E-state index contributed by atoms with van der Waals surface area (Å²) in [6.45, 7) is 0. The van der Waals surface area contributed by atoms with E-state index in [-0.39, 0.29) is 19.8 Å². The summed E-state index contributed by atoms with van der Waals surface area (Å²) in [4.78, 5) is 18.2. The van der Waals surface area contributed by atoms with E-state index in [1.165, 1.54) is 0 Å². The first-order valence-electron chi connectivity index (χ1n) is 1.11. The number of carboxylic acids is 2. The van der Waals surface area contributed by atoms with Crippen LogP contribution in [-0.2, 0) is 9.59 Å². The van der Waals surface area contributed by atoms with Crippen LogP contribution in [0, 0.1) is 0 Å². The normalized spacial score (nSPS) is 5.50. The minimum Gasteiger partial charge on any atom is -0.473 e. The Labute approximate surface area is 52.5 Å². The van der Waals surface area contributed by atoms with Gasteiger partial charge in [-0.05, 0) is 0 Å². The van der Waals surface area contributed by atoms with Crippen molar-refractivity contribution >= 4 is 31.7 Å². The standard InChI is InChI=1S/C2H2O4.2H3P/c3-1(4)2(5)6;;/h(H,3,4)(H,5,6);2*1H3. The quantitative estimate of drug-likeness (QED) is 0.360. The van der Waals surface area contributed by atoms with Crippen molar-refractivity contribution in [2.24, 2.45) is 0 Å². The number of carbonyl (C=O) groups is 2. The van der Waals surface area contributed by atoms with Crippen LogP contribution in [0.5, 0.6) is 0 Å². The van der Waals surface area contributed by atoms with Gasteiger partial charge in [-0.1, -0.05) is 0 Å². The van der Waals surface area contributed by atoms with Crippen LogP contribution in [0.4, 0.5) is 0 Å². The van der Waals surface area contributed by atoms with Crippen LogP contribution >= 0.6 is 19.8 Å². The molecule has 0 bridgehead atoms. The van der Waals surface area contributed by atoms with Crippen molar-refractivity contribution in [3.05, 3.63) is 0 Å². The SMILES string of the molecule is O=C(O)C(=O)O.P.P. The van der Waals surface area contributed by atoms with Gasteiger partial charge in [0.1, 0.15) is 0 Å². The second kappa shape index (κ2) is 6.80. The molecule has 8 heavy (non-hydrogen) atoms. The predicted octanol–water partition coefficient (Wildman–Crippen LogP) is -0.728. The molecule has 0 saturated heterocycles. The van der Waals surface area contributed by atoms with Crippen LogP contribution in [-0.4, -0.2) is 22.2 Å². The van der Waals surface area contributed by atoms with Gasteiger partial charge in [-0.15, -0.1) is 0 Å². The zero-order valence-corrected chi connectivity index (χ0v) is 6.95. The molecular weight excluding hydrogens is 150 g/mol. The molecule has 0 saturated carbocycles. The van der Waals surface area contributed by atoms with E-state index in [0.717, 1.165) is 0 Å². The average Bonchev–Trinajstić information content (AvgIpc) is 1.36. The Morgan fingerprint density at radius 3 is 1.00 bits per heavy atom. The fourth-order valence-corrected chi connectivity index (χ4v) is 0. The van der Waals surface area contributed by atoms with Crippen LogP contribution in [0.1, 0.15) is 0 Å². The molecule has 2 unspecified atom stereocenters. The van der Waals surface area contributed by atoms with E-state index < -0.39 is 11.9 Å². The van der Waals surface area contributed by atoms with Crippen molar-refractivity contribution in [2.45, 2.75) is 0 Å². The van der Waals surface area contributed by atoms with Gasteiger partial charge in [0.25, 0.3) is 0 Å². The maximum Gasteiger partial charge on any atom is 0.414 e. The van der Waals surface area contributed by atoms with E-state index in [0.29, 0.717) is 0 Å². The van der Waals surface area contributed by atoms with E-state index in [1.807, 2.05) is 0 Å². The fourth-order valence-electron chi connectivity index (χ4n) is 0. The monoisotopic (exact) mass is 158 g/mol.